The van der Waals surface area contributed by atoms with Crippen molar-refractivity contribution in [3.8, 4) is 0 Å². The van der Waals surface area contributed by atoms with Gasteiger partial charge in [0.15, 0.2) is 0 Å². The second-order valence-corrected chi connectivity index (χ2v) is 11.0. The zero-order valence-electron chi connectivity index (χ0n) is 18.5. The van der Waals surface area contributed by atoms with Gasteiger partial charge in [-0.1, -0.05) is 58.0 Å². The smallest absolute Gasteiger partial charge is 0.272 e. The summed E-state index contributed by atoms with van der Waals surface area (Å²) in [5.74, 6) is -2.83. The molecule has 12 heteroatoms. The monoisotopic (exact) mass is 603 g/mol. The Hall–Kier alpha value is -2.42. The van der Waals surface area contributed by atoms with Gasteiger partial charge in [0, 0.05) is 39.8 Å². The van der Waals surface area contributed by atoms with Crippen molar-refractivity contribution in [2.75, 3.05) is 11.9 Å². The predicted molar refractivity (Wildman–Crippen MR) is 143 cm³/mol. The number of halogens is 7. The summed E-state index contributed by atoms with van der Waals surface area (Å²) < 4.78 is 25.3. The van der Waals surface area contributed by atoms with E-state index in [1.54, 1.807) is 24.3 Å². The van der Waals surface area contributed by atoms with Crippen LogP contribution in [0.3, 0.4) is 0 Å². The van der Waals surface area contributed by atoms with Crippen LogP contribution in [0.5, 0.6) is 0 Å². The van der Waals surface area contributed by atoms with Crippen molar-refractivity contribution in [3.05, 3.63) is 98.0 Å². The maximum absolute atomic E-state index is 13.7. The van der Waals surface area contributed by atoms with Crippen molar-refractivity contribution >= 4 is 82.1 Å². The number of rotatable bonds is 8. The van der Waals surface area contributed by atoms with Crippen molar-refractivity contribution in [2.24, 2.45) is 10.5 Å². The van der Waals surface area contributed by atoms with E-state index in [2.05, 4.69) is 15.8 Å². The predicted octanol–water partition coefficient (Wildman–Crippen LogP) is 7.26. The van der Waals surface area contributed by atoms with Gasteiger partial charge >= 0.3 is 0 Å². The molecule has 2 unspecified atom stereocenters. The zero-order chi connectivity index (χ0) is 27.0. The number of benzene rings is 3. The van der Waals surface area contributed by atoms with Gasteiger partial charge in [0.05, 0.1) is 22.2 Å². The molecule has 0 aliphatic heterocycles. The molecular weight excluding hydrogens is 590 g/mol. The molecule has 3 aromatic rings. The second-order valence-electron chi connectivity index (χ2n) is 8.33. The minimum Gasteiger partial charge on any atom is -0.384 e. The van der Waals surface area contributed by atoms with Crippen LogP contribution in [0.25, 0.3) is 0 Å². The molecule has 192 valence electrons. The largest absolute Gasteiger partial charge is 0.384 e. The van der Waals surface area contributed by atoms with Crippen LogP contribution < -0.4 is 10.7 Å². The van der Waals surface area contributed by atoms with Crippen LogP contribution >= 0.6 is 58.0 Å². The lowest BCUT2D eigenvalue weighted by Crippen LogP contribution is -2.23. The molecule has 2 atom stereocenters. The van der Waals surface area contributed by atoms with Gasteiger partial charge in [-0.05, 0) is 54.1 Å². The van der Waals surface area contributed by atoms with Gasteiger partial charge in [-0.15, -0.1) is 0 Å². The van der Waals surface area contributed by atoms with Gasteiger partial charge in [0.2, 0.25) is 0 Å². The fraction of sp³-hybridized carbons (Fsp3) is 0.160. The Morgan fingerprint density at radius 1 is 1.00 bits per heavy atom. The number of anilines is 1. The Morgan fingerprint density at radius 2 is 1.70 bits per heavy atom. The summed E-state index contributed by atoms with van der Waals surface area (Å²) in [4.78, 5) is 24.8. The molecular formula is C25H16Cl5F2N3O2. The van der Waals surface area contributed by atoms with Crippen LogP contribution in [-0.2, 0) is 4.79 Å². The normalized spacial score (nSPS) is 20.0. The summed E-state index contributed by atoms with van der Waals surface area (Å²) >= 11 is 31.4. The first kappa shape index (κ1) is 27.6. The fourth-order valence-electron chi connectivity index (χ4n) is 4.02. The first-order valence-electron chi connectivity index (χ1n) is 10.6. The third kappa shape index (κ3) is 5.56. The lowest BCUT2D eigenvalue weighted by molar-refractivity contribution is -0.112. The summed E-state index contributed by atoms with van der Waals surface area (Å²) in [5.41, 5.74) is 2.14. The number of hydrogen-bond acceptors (Lipinski definition) is 4. The molecule has 5 nitrogen and oxygen atoms in total. The number of nitrogens with one attached hydrogen (secondary N) is 2. The zero-order valence-corrected chi connectivity index (χ0v) is 22.3. The number of amides is 1. The van der Waals surface area contributed by atoms with Crippen LogP contribution in [0, 0.1) is 17.0 Å². The average molecular weight is 606 g/mol. The van der Waals surface area contributed by atoms with Crippen molar-refractivity contribution in [3.63, 3.8) is 0 Å². The van der Waals surface area contributed by atoms with E-state index in [-0.39, 0.29) is 22.7 Å². The summed E-state index contributed by atoms with van der Waals surface area (Å²) in [5, 5.41) is 7.65. The molecule has 0 radical (unpaired) electrons. The highest BCUT2D eigenvalue weighted by atomic mass is 35.5. The van der Waals surface area contributed by atoms with Crippen molar-refractivity contribution in [2.45, 2.75) is 10.3 Å². The van der Waals surface area contributed by atoms with E-state index in [1.807, 2.05) is 0 Å². The van der Waals surface area contributed by atoms with Crippen molar-refractivity contribution < 1.29 is 18.4 Å². The molecule has 0 spiro atoms. The molecule has 3 aromatic carbocycles. The molecule has 1 saturated carbocycles. The third-order valence-corrected chi connectivity index (χ3v) is 7.88. The van der Waals surface area contributed by atoms with E-state index >= 15 is 0 Å². The highest BCUT2D eigenvalue weighted by Gasteiger charge is 2.76. The molecule has 1 aliphatic carbocycles. The number of hydrogen-bond donors (Lipinski definition) is 2. The van der Waals surface area contributed by atoms with Crippen LogP contribution in [-0.4, -0.2) is 29.3 Å². The molecule has 0 saturated heterocycles. The first-order valence-corrected chi connectivity index (χ1v) is 12.5. The molecule has 37 heavy (non-hydrogen) atoms. The van der Waals surface area contributed by atoms with Crippen LogP contribution in [0.4, 0.5) is 14.5 Å². The topological polar surface area (TPSA) is 70.6 Å². The number of carbonyl (C=O) groups is 2. The number of hydrazone groups is 1. The van der Waals surface area contributed by atoms with Gasteiger partial charge in [-0.3, -0.25) is 4.79 Å². The molecule has 0 heterocycles. The molecule has 1 aliphatic rings. The van der Waals surface area contributed by atoms with Gasteiger partial charge in [-0.2, -0.15) is 5.10 Å². The maximum atomic E-state index is 13.7. The summed E-state index contributed by atoms with van der Waals surface area (Å²) in [6, 6.07) is 12.3. The molecule has 0 aromatic heterocycles. The Bertz CT molecular complexity index is 1400. The molecule has 1 fully saturated rings. The minimum atomic E-state index is -1.42. The standard InChI is InChI=1S/C25H16Cl5F2N3O2/c26-15-5-14(6-16(27)7-15)22-24(12-36,25(22,29)30)11-33-18-3-4-20(28)19(9-18)23(37)35-34-10-13-1-2-17(31)8-21(13)32/h1-10,12,22,33H,11H2,(H,35,37)/b34-10+. The van der Waals surface area contributed by atoms with E-state index < -0.39 is 33.2 Å². The van der Waals surface area contributed by atoms with Crippen LogP contribution in [0.1, 0.15) is 27.4 Å². The Kier molecular flexibility index (Phi) is 8.02. The van der Waals surface area contributed by atoms with E-state index in [0.29, 0.717) is 33.6 Å². The fourth-order valence-corrected chi connectivity index (χ4v) is 5.74. The number of nitrogens with zero attached hydrogens (tertiary/aromatic N) is 1. The number of carbonyl (C=O) groups excluding carboxylic acids is 2. The van der Waals surface area contributed by atoms with E-state index in [0.717, 1.165) is 12.3 Å². The minimum absolute atomic E-state index is 0.0204. The second kappa shape index (κ2) is 10.8. The molecule has 1 amide bonds. The summed E-state index contributed by atoms with van der Waals surface area (Å²) in [6.45, 7) is 0.0307. The van der Waals surface area contributed by atoms with Gasteiger partial charge in [0.1, 0.15) is 22.3 Å². The van der Waals surface area contributed by atoms with Gasteiger partial charge in [0.25, 0.3) is 5.91 Å². The van der Waals surface area contributed by atoms with E-state index in [9.17, 15) is 18.4 Å². The molecule has 0 bridgehead atoms. The Morgan fingerprint density at radius 3 is 2.35 bits per heavy atom. The highest BCUT2D eigenvalue weighted by molar-refractivity contribution is 6.54. The molecule has 4 rings (SSSR count). The average Bonchev–Trinajstić information content (AvgIpc) is 3.33. The third-order valence-electron chi connectivity index (χ3n) is 5.97. The lowest BCUT2D eigenvalue weighted by Gasteiger charge is -2.15. The van der Waals surface area contributed by atoms with E-state index in [1.165, 1.54) is 18.2 Å². The Balaban J connectivity index is 1.48. The summed E-state index contributed by atoms with van der Waals surface area (Å²) in [7, 11) is 0. The highest BCUT2D eigenvalue weighted by Crippen LogP contribution is 2.73. The van der Waals surface area contributed by atoms with Gasteiger partial charge < -0.3 is 10.1 Å². The van der Waals surface area contributed by atoms with Crippen LogP contribution in [0.15, 0.2) is 59.7 Å². The molecule has 2 N–H and O–H groups in total. The summed E-state index contributed by atoms with van der Waals surface area (Å²) in [6.07, 6.45) is 1.72. The number of aldehydes is 1. The van der Waals surface area contributed by atoms with E-state index in [4.69, 9.17) is 58.0 Å². The quantitative estimate of drug-likeness (QED) is 0.123. The number of alkyl halides is 2. The van der Waals surface area contributed by atoms with Crippen LogP contribution in [0.2, 0.25) is 15.1 Å². The lowest BCUT2D eigenvalue weighted by atomic mass is 10.00. The van der Waals surface area contributed by atoms with Crippen molar-refractivity contribution in [1.82, 2.24) is 5.43 Å². The van der Waals surface area contributed by atoms with Crippen molar-refractivity contribution in [1.29, 1.82) is 0 Å². The maximum Gasteiger partial charge on any atom is 0.272 e. The Labute approximate surface area is 235 Å². The van der Waals surface area contributed by atoms with Gasteiger partial charge in [-0.25, -0.2) is 14.2 Å². The first-order chi connectivity index (χ1) is 17.5. The SMILES string of the molecule is O=CC1(CNc2ccc(Cl)c(C(=O)N/N=C/c3ccc(F)cc3F)c2)C(c2cc(Cl)cc(Cl)c2)C1(Cl)Cl.